The molecule has 3 rings (SSSR count). The van der Waals surface area contributed by atoms with Gasteiger partial charge >= 0.3 is 0 Å². The van der Waals surface area contributed by atoms with Gasteiger partial charge in [0.05, 0.1) is 18.7 Å². The van der Waals surface area contributed by atoms with E-state index < -0.39 is 6.04 Å². The van der Waals surface area contributed by atoms with E-state index in [0.717, 1.165) is 11.0 Å². The molecule has 0 aliphatic carbocycles. The van der Waals surface area contributed by atoms with Gasteiger partial charge in [-0.1, -0.05) is 44.2 Å². The molecule has 2 atom stereocenters. The van der Waals surface area contributed by atoms with Gasteiger partial charge in [0.2, 0.25) is 5.91 Å². The van der Waals surface area contributed by atoms with E-state index in [1.165, 1.54) is 7.11 Å². The first-order valence-electron chi connectivity index (χ1n) is 9.63. The number of para-hydroxylation sites is 2. The predicted octanol–water partition coefficient (Wildman–Crippen LogP) is 4.07. The smallest absolute Gasteiger partial charge is 0.255 e. The van der Waals surface area contributed by atoms with Gasteiger partial charge in [0.1, 0.15) is 23.1 Å². The first-order chi connectivity index (χ1) is 13.9. The van der Waals surface area contributed by atoms with Crippen molar-refractivity contribution in [1.29, 1.82) is 0 Å². The lowest BCUT2D eigenvalue weighted by atomic mass is 10.0. The maximum atomic E-state index is 12.9. The molecule has 0 spiro atoms. The zero-order valence-corrected chi connectivity index (χ0v) is 17.1. The molecule has 2 aromatic carbocycles. The fourth-order valence-electron chi connectivity index (χ4n) is 3.18. The summed E-state index contributed by atoms with van der Waals surface area (Å²) in [7, 11) is 1.51. The van der Waals surface area contributed by atoms with Crippen LogP contribution in [0.1, 0.15) is 42.9 Å². The maximum absolute atomic E-state index is 12.9. The van der Waals surface area contributed by atoms with Crippen molar-refractivity contribution in [2.75, 3.05) is 7.11 Å². The van der Waals surface area contributed by atoms with E-state index in [1.807, 2.05) is 51.1 Å². The minimum Gasteiger partial charge on any atom is -0.496 e. The van der Waals surface area contributed by atoms with Gasteiger partial charge in [-0.25, -0.2) is 0 Å². The summed E-state index contributed by atoms with van der Waals surface area (Å²) in [5.74, 6) is 0.405. The van der Waals surface area contributed by atoms with Gasteiger partial charge in [-0.3, -0.25) is 9.59 Å². The van der Waals surface area contributed by atoms with E-state index in [1.54, 1.807) is 24.3 Å². The average molecular weight is 394 g/mol. The predicted molar refractivity (Wildman–Crippen MR) is 112 cm³/mol. The summed E-state index contributed by atoms with van der Waals surface area (Å²) in [5, 5.41) is 6.75. The van der Waals surface area contributed by atoms with Crippen molar-refractivity contribution in [3.05, 3.63) is 65.9 Å². The molecule has 1 aromatic heterocycles. The molecule has 0 fully saturated rings. The van der Waals surface area contributed by atoms with Crippen molar-refractivity contribution < 1.29 is 18.7 Å². The van der Waals surface area contributed by atoms with Crippen LogP contribution in [-0.2, 0) is 4.79 Å². The van der Waals surface area contributed by atoms with E-state index in [0.29, 0.717) is 17.1 Å². The van der Waals surface area contributed by atoms with Gasteiger partial charge < -0.3 is 19.8 Å². The van der Waals surface area contributed by atoms with Crippen LogP contribution >= 0.6 is 0 Å². The Morgan fingerprint density at radius 1 is 0.966 bits per heavy atom. The molecule has 6 nitrogen and oxygen atoms in total. The van der Waals surface area contributed by atoms with E-state index >= 15 is 0 Å². The molecule has 6 heteroatoms. The van der Waals surface area contributed by atoms with Crippen LogP contribution in [0.15, 0.2) is 59.0 Å². The Morgan fingerprint density at radius 2 is 1.66 bits per heavy atom. The number of rotatable bonds is 7. The molecule has 2 amide bonds. The number of benzene rings is 2. The van der Waals surface area contributed by atoms with Crippen molar-refractivity contribution >= 4 is 22.8 Å². The topological polar surface area (TPSA) is 80.6 Å². The van der Waals surface area contributed by atoms with Crippen molar-refractivity contribution in [3.8, 4) is 5.75 Å². The molecule has 3 aromatic rings. The second kappa shape index (κ2) is 8.82. The summed E-state index contributed by atoms with van der Waals surface area (Å²) in [6.45, 7) is 5.63. The number of ether oxygens (including phenoxy) is 1. The Bertz CT molecular complexity index is 976. The van der Waals surface area contributed by atoms with Crippen LogP contribution in [0.4, 0.5) is 0 Å². The highest BCUT2D eigenvalue weighted by Gasteiger charge is 2.27. The number of furan rings is 1. The number of carbonyl (C=O) groups is 2. The number of amides is 2. The lowest BCUT2D eigenvalue weighted by molar-refractivity contribution is -0.124. The molecule has 1 unspecified atom stereocenters. The van der Waals surface area contributed by atoms with E-state index in [9.17, 15) is 9.59 Å². The molecule has 152 valence electrons. The van der Waals surface area contributed by atoms with Gasteiger partial charge in [0.25, 0.3) is 5.91 Å². The van der Waals surface area contributed by atoms with Crippen LogP contribution < -0.4 is 15.4 Å². The minimum absolute atomic E-state index is 0.100. The van der Waals surface area contributed by atoms with Gasteiger partial charge in [-0.05, 0) is 37.1 Å². The summed E-state index contributed by atoms with van der Waals surface area (Å²) in [6.07, 6.45) is 0. The first-order valence-corrected chi connectivity index (χ1v) is 9.63. The van der Waals surface area contributed by atoms with E-state index in [4.69, 9.17) is 9.15 Å². The van der Waals surface area contributed by atoms with Crippen molar-refractivity contribution in [2.24, 2.45) is 5.92 Å². The fraction of sp³-hybridized carbons (Fsp3) is 0.304. The third-order valence-electron chi connectivity index (χ3n) is 4.82. The summed E-state index contributed by atoms with van der Waals surface area (Å²) >= 11 is 0. The quantitative estimate of drug-likeness (QED) is 0.633. The van der Waals surface area contributed by atoms with Crippen LogP contribution in [0.2, 0.25) is 0 Å². The van der Waals surface area contributed by atoms with Crippen molar-refractivity contribution in [3.63, 3.8) is 0 Å². The second-order valence-electron chi connectivity index (χ2n) is 7.31. The van der Waals surface area contributed by atoms with Crippen LogP contribution in [0, 0.1) is 5.92 Å². The Balaban J connectivity index is 1.72. The largest absolute Gasteiger partial charge is 0.496 e. The number of carbonyl (C=O) groups excluding carboxylic acids is 2. The summed E-state index contributed by atoms with van der Waals surface area (Å²) in [5.41, 5.74) is 1.16. The van der Waals surface area contributed by atoms with Crippen molar-refractivity contribution in [2.45, 2.75) is 32.9 Å². The highest BCUT2D eigenvalue weighted by Crippen LogP contribution is 2.24. The Hall–Kier alpha value is -3.28. The molecule has 1 heterocycles. The van der Waals surface area contributed by atoms with Crippen molar-refractivity contribution in [1.82, 2.24) is 10.6 Å². The summed E-state index contributed by atoms with van der Waals surface area (Å²) in [4.78, 5) is 25.6. The third-order valence-corrected chi connectivity index (χ3v) is 4.82. The molecular formula is C23H26N2O4. The van der Waals surface area contributed by atoms with Gasteiger partial charge in [-0.15, -0.1) is 0 Å². The molecule has 0 radical (unpaired) electrons. The zero-order valence-electron chi connectivity index (χ0n) is 17.1. The third kappa shape index (κ3) is 4.59. The van der Waals surface area contributed by atoms with Gasteiger partial charge in [-0.2, -0.15) is 0 Å². The monoisotopic (exact) mass is 394 g/mol. The van der Waals surface area contributed by atoms with E-state index in [2.05, 4.69) is 10.6 Å². The molecule has 0 aliphatic rings. The Kier molecular flexibility index (Phi) is 6.22. The molecule has 0 saturated carbocycles. The van der Waals surface area contributed by atoms with Crippen LogP contribution in [0.5, 0.6) is 5.75 Å². The fourth-order valence-corrected chi connectivity index (χ4v) is 3.18. The summed E-state index contributed by atoms with van der Waals surface area (Å²) in [6, 6.07) is 15.5. The SMILES string of the molecule is COc1ccccc1C(=O)N[C@H](C(=O)NC(C)c1cc2ccccc2o1)C(C)C. The Labute approximate surface area is 170 Å². The number of hydrogen-bond donors (Lipinski definition) is 2. The average Bonchev–Trinajstić information content (AvgIpc) is 3.15. The number of hydrogen-bond acceptors (Lipinski definition) is 4. The molecular weight excluding hydrogens is 368 g/mol. The van der Waals surface area contributed by atoms with Crippen LogP contribution in [0.3, 0.4) is 0 Å². The number of nitrogens with one attached hydrogen (secondary N) is 2. The highest BCUT2D eigenvalue weighted by molar-refractivity contribution is 5.99. The molecule has 0 aliphatic heterocycles. The van der Waals surface area contributed by atoms with Gasteiger partial charge in [0.15, 0.2) is 0 Å². The highest BCUT2D eigenvalue weighted by atomic mass is 16.5. The first kappa shape index (κ1) is 20.5. The van der Waals surface area contributed by atoms with E-state index in [-0.39, 0.29) is 23.8 Å². The second-order valence-corrected chi connectivity index (χ2v) is 7.31. The number of fused-ring (bicyclic) bond motifs is 1. The molecule has 29 heavy (non-hydrogen) atoms. The zero-order chi connectivity index (χ0) is 21.0. The number of methoxy groups -OCH3 is 1. The molecule has 0 saturated heterocycles. The van der Waals surface area contributed by atoms with Crippen LogP contribution in [-0.4, -0.2) is 25.0 Å². The maximum Gasteiger partial charge on any atom is 0.255 e. The normalized spacial score (nSPS) is 13.1. The lowest BCUT2D eigenvalue weighted by Gasteiger charge is -2.24. The minimum atomic E-state index is -0.695. The molecule has 2 N–H and O–H groups in total. The summed E-state index contributed by atoms with van der Waals surface area (Å²) < 4.78 is 11.1. The van der Waals surface area contributed by atoms with Gasteiger partial charge in [0, 0.05) is 5.39 Å². The molecule has 0 bridgehead atoms. The Morgan fingerprint density at radius 3 is 2.34 bits per heavy atom. The lowest BCUT2D eigenvalue weighted by Crippen LogP contribution is -2.50. The van der Waals surface area contributed by atoms with Crippen LogP contribution in [0.25, 0.3) is 11.0 Å². The standard InChI is InChI=1S/C23H26N2O4/c1-14(2)21(25-22(26)17-10-6-8-12-19(17)28-4)23(27)24-15(3)20-13-16-9-5-7-11-18(16)29-20/h5-15,21H,1-4H3,(H,24,27)(H,25,26)/t15?,21-/m0/s1.